The van der Waals surface area contributed by atoms with Crippen LogP contribution in [0.1, 0.15) is 5.82 Å². The van der Waals surface area contributed by atoms with Gasteiger partial charge in [0.05, 0.1) is 0 Å². The average molecular weight is 194 g/mol. The zero-order valence-corrected chi connectivity index (χ0v) is 6.91. The average Bonchev–Trinajstić information content (AvgIpc) is 2.19. The van der Waals surface area contributed by atoms with E-state index in [4.69, 9.17) is 5.11 Å². The number of hydrogen-bond donors (Lipinski definition) is 2. The van der Waals surface area contributed by atoms with Gasteiger partial charge >= 0.3 is 5.97 Å². The quantitative estimate of drug-likeness (QED) is 0.400. The third-order valence-electron chi connectivity index (χ3n) is 1.27. The van der Waals surface area contributed by atoms with Crippen LogP contribution in [0.2, 0.25) is 0 Å². The molecule has 0 amide bonds. The molecule has 0 aliphatic rings. The summed E-state index contributed by atoms with van der Waals surface area (Å²) in [4.78, 5) is 28.0. The predicted molar refractivity (Wildman–Crippen MR) is 45.3 cm³/mol. The molecule has 0 atom stereocenters. The van der Waals surface area contributed by atoms with E-state index >= 15 is 0 Å². The van der Waals surface area contributed by atoms with Crippen molar-refractivity contribution in [1.29, 1.82) is 0 Å². The number of carbonyl (C=O) groups is 2. The molecule has 0 radical (unpaired) electrons. The first-order valence-electron chi connectivity index (χ1n) is 3.56. The summed E-state index contributed by atoms with van der Waals surface area (Å²) in [5.74, 6) is -3.54. The largest absolute Gasteiger partial charge is 0.504 e. The number of aliphatic hydroxyl groups excluding tert-OH is 1. The van der Waals surface area contributed by atoms with E-state index in [9.17, 15) is 14.7 Å². The number of hydrogen-bond acceptors (Lipinski definition) is 5. The summed E-state index contributed by atoms with van der Waals surface area (Å²) in [6, 6.07) is 1.52. The van der Waals surface area contributed by atoms with Crippen molar-refractivity contribution in [2.75, 3.05) is 0 Å². The minimum Gasteiger partial charge on any atom is -0.504 e. The van der Waals surface area contributed by atoms with Gasteiger partial charge in [-0.1, -0.05) is 0 Å². The van der Waals surface area contributed by atoms with Gasteiger partial charge in [0.2, 0.25) is 0 Å². The van der Waals surface area contributed by atoms with Crippen LogP contribution in [0.25, 0.3) is 5.76 Å². The molecule has 1 heterocycles. The second-order valence-electron chi connectivity index (χ2n) is 2.27. The molecular formula is C8H6N2O4. The van der Waals surface area contributed by atoms with Crippen molar-refractivity contribution in [2.45, 2.75) is 0 Å². The fourth-order valence-electron chi connectivity index (χ4n) is 0.682. The van der Waals surface area contributed by atoms with Crippen LogP contribution in [0.4, 0.5) is 0 Å². The van der Waals surface area contributed by atoms with Gasteiger partial charge in [-0.3, -0.25) is 4.79 Å². The third-order valence-corrected chi connectivity index (χ3v) is 1.27. The minimum absolute atomic E-state index is 0.0953. The van der Waals surface area contributed by atoms with Gasteiger partial charge in [0.1, 0.15) is 0 Å². The normalized spacial score (nSPS) is 11.0. The molecule has 6 nitrogen and oxygen atoms in total. The molecule has 0 aliphatic heterocycles. The van der Waals surface area contributed by atoms with Crippen LogP contribution >= 0.6 is 0 Å². The number of nitrogens with zero attached hydrogens (tertiary/aromatic N) is 2. The number of carboxylic acid groups (broad SMARTS) is 1. The highest BCUT2D eigenvalue weighted by molar-refractivity contribution is 6.38. The molecule has 2 N–H and O–H groups in total. The number of carboxylic acids is 1. The smallest absolute Gasteiger partial charge is 0.376 e. The van der Waals surface area contributed by atoms with Crippen molar-refractivity contribution in [2.24, 2.45) is 0 Å². The summed E-state index contributed by atoms with van der Waals surface area (Å²) in [5, 5.41) is 17.4. The van der Waals surface area contributed by atoms with E-state index < -0.39 is 17.5 Å². The van der Waals surface area contributed by atoms with Gasteiger partial charge in [-0.15, -0.1) is 0 Å². The predicted octanol–water partition coefficient (Wildman–Crippen LogP) is 0.0292. The Morgan fingerprint density at radius 1 is 1.21 bits per heavy atom. The molecule has 0 saturated carbocycles. The Morgan fingerprint density at radius 3 is 2.29 bits per heavy atom. The van der Waals surface area contributed by atoms with Gasteiger partial charge in [0, 0.05) is 18.5 Å². The molecule has 0 bridgehead atoms. The molecular weight excluding hydrogens is 188 g/mol. The van der Waals surface area contributed by atoms with E-state index in [1.54, 1.807) is 0 Å². The molecule has 1 aromatic rings. The van der Waals surface area contributed by atoms with Crippen LogP contribution < -0.4 is 0 Å². The lowest BCUT2D eigenvalue weighted by molar-refractivity contribution is -0.146. The maximum atomic E-state index is 10.6. The van der Waals surface area contributed by atoms with Crippen LogP contribution in [-0.4, -0.2) is 31.9 Å². The van der Waals surface area contributed by atoms with Crippen LogP contribution in [0.3, 0.4) is 0 Å². The topological polar surface area (TPSA) is 100 Å². The van der Waals surface area contributed by atoms with E-state index in [1.807, 2.05) is 0 Å². The maximum Gasteiger partial charge on any atom is 0.376 e. The zero-order chi connectivity index (χ0) is 10.6. The van der Waals surface area contributed by atoms with Gasteiger partial charge in [0.15, 0.2) is 11.6 Å². The number of aromatic nitrogens is 2. The monoisotopic (exact) mass is 194 g/mol. The van der Waals surface area contributed by atoms with Crippen LogP contribution in [0.5, 0.6) is 0 Å². The first-order chi connectivity index (χ1) is 6.61. The highest BCUT2D eigenvalue weighted by atomic mass is 16.4. The fourth-order valence-corrected chi connectivity index (χ4v) is 0.682. The van der Waals surface area contributed by atoms with Gasteiger partial charge in [0.25, 0.3) is 5.78 Å². The van der Waals surface area contributed by atoms with Gasteiger partial charge in [-0.05, 0) is 6.07 Å². The Kier molecular flexibility index (Phi) is 2.90. The first-order valence-corrected chi connectivity index (χ1v) is 3.56. The van der Waals surface area contributed by atoms with Crippen molar-refractivity contribution in [3.05, 3.63) is 30.4 Å². The molecule has 1 aromatic heterocycles. The third kappa shape index (κ3) is 2.37. The molecule has 14 heavy (non-hydrogen) atoms. The summed E-state index contributed by atoms with van der Waals surface area (Å²) < 4.78 is 0. The Hall–Kier alpha value is -2.24. The van der Waals surface area contributed by atoms with Gasteiger partial charge in [-0.2, -0.15) is 0 Å². The zero-order valence-electron chi connectivity index (χ0n) is 6.91. The number of carbonyl (C=O) groups excluding carboxylic acids is 1. The van der Waals surface area contributed by atoms with E-state index in [0.29, 0.717) is 6.08 Å². The van der Waals surface area contributed by atoms with Crippen molar-refractivity contribution >= 4 is 17.5 Å². The highest BCUT2D eigenvalue weighted by Gasteiger charge is 2.11. The minimum atomic E-state index is -1.65. The second kappa shape index (κ2) is 4.13. The Bertz CT molecular complexity index is 386. The molecule has 0 aromatic carbocycles. The number of aliphatic carboxylic acids is 1. The van der Waals surface area contributed by atoms with E-state index in [0.717, 1.165) is 0 Å². The lowest BCUT2D eigenvalue weighted by Gasteiger charge is -1.95. The molecule has 0 saturated heterocycles. The lowest BCUT2D eigenvalue weighted by Crippen LogP contribution is -2.10. The molecule has 1 rings (SSSR count). The summed E-state index contributed by atoms with van der Waals surface area (Å²) in [6.07, 6.45) is 3.27. The van der Waals surface area contributed by atoms with E-state index in [2.05, 4.69) is 9.97 Å². The van der Waals surface area contributed by atoms with Gasteiger partial charge < -0.3 is 10.2 Å². The fraction of sp³-hybridized carbons (Fsp3) is 0. The summed E-state index contributed by atoms with van der Waals surface area (Å²) >= 11 is 0. The number of rotatable bonds is 3. The highest BCUT2D eigenvalue weighted by Crippen LogP contribution is 2.02. The Balaban J connectivity index is 2.91. The van der Waals surface area contributed by atoms with Crippen molar-refractivity contribution in [3.8, 4) is 0 Å². The maximum absolute atomic E-state index is 10.6. The summed E-state index contributed by atoms with van der Waals surface area (Å²) in [7, 11) is 0. The number of ketones is 1. The first kappa shape index (κ1) is 9.85. The van der Waals surface area contributed by atoms with Crippen molar-refractivity contribution in [1.82, 2.24) is 9.97 Å². The Morgan fingerprint density at radius 2 is 1.79 bits per heavy atom. The van der Waals surface area contributed by atoms with Crippen LogP contribution in [-0.2, 0) is 9.59 Å². The van der Waals surface area contributed by atoms with Gasteiger partial charge in [-0.25, -0.2) is 14.8 Å². The standard InChI is InChI=1S/C8H6N2O4/c11-5(4-6(12)8(13)14)7-9-2-1-3-10-7/h1-4,11H,(H,13,14). The molecule has 0 unspecified atom stereocenters. The van der Waals surface area contributed by atoms with Crippen molar-refractivity contribution < 1.29 is 19.8 Å². The molecule has 0 aliphatic carbocycles. The van der Waals surface area contributed by atoms with Crippen LogP contribution in [0.15, 0.2) is 24.5 Å². The molecule has 0 fully saturated rings. The lowest BCUT2D eigenvalue weighted by atomic mass is 10.3. The second-order valence-corrected chi connectivity index (χ2v) is 2.27. The van der Waals surface area contributed by atoms with Crippen LogP contribution in [0, 0.1) is 0 Å². The van der Waals surface area contributed by atoms with E-state index in [-0.39, 0.29) is 5.82 Å². The molecule has 0 spiro atoms. The van der Waals surface area contributed by atoms with E-state index in [1.165, 1.54) is 18.5 Å². The summed E-state index contributed by atoms with van der Waals surface area (Å²) in [5.41, 5.74) is 0. The SMILES string of the molecule is O=C(O)C(=O)C=C(O)c1ncccn1. The van der Waals surface area contributed by atoms with Crippen molar-refractivity contribution in [3.63, 3.8) is 0 Å². The Labute approximate surface area is 78.6 Å². The molecule has 72 valence electrons. The summed E-state index contributed by atoms with van der Waals surface area (Å²) in [6.45, 7) is 0. The molecule has 6 heteroatoms. The number of aliphatic hydroxyl groups is 1.